The van der Waals surface area contributed by atoms with E-state index in [1.165, 1.54) is 17.0 Å². The second-order valence-corrected chi connectivity index (χ2v) is 7.76. The minimum atomic E-state index is -1.12. The van der Waals surface area contributed by atoms with Gasteiger partial charge in [0.1, 0.15) is 17.4 Å². The van der Waals surface area contributed by atoms with Crippen molar-refractivity contribution in [2.45, 2.75) is 52.3 Å². The Bertz CT molecular complexity index is 824. The largest absolute Gasteiger partial charge is 0.508 e. The van der Waals surface area contributed by atoms with Crippen LogP contribution in [0.25, 0.3) is 0 Å². The van der Waals surface area contributed by atoms with Crippen LogP contribution < -0.4 is 0 Å². The number of aliphatic carboxylic acids is 1. The van der Waals surface area contributed by atoms with Gasteiger partial charge in [-0.25, -0.2) is 9.59 Å². The Hall–Kier alpha value is -3.02. The van der Waals surface area contributed by atoms with Crippen molar-refractivity contribution < 1.29 is 24.5 Å². The summed E-state index contributed by atoms with van der Waals surface area (Å²) >= 11 is 0. The van der Waals surface area contributed by atoms with E-state index in [2.05, 4.69) is 0 Å². The summed E-state index contributed by atoms with van der Waals surface area (Å²) in [5.74, 6) is -1.02. The van der Waals surface area contributed by atoms with Gasteiger partial charge in [0.15, 0.2) is 0 Å². The number of ether oxygens (including phenoxy) is 1. The van der Waals surface area contributed by atoms with Gasteiger partial charge in [0.25, 0.3) is 0 Å². The van der Waals surface area contributed by atoms with Crippen LogP contribution in [0.2, 0.25) is 0 Å². The lowest BCUT2D eigenvalue weighted by Crippen LogP contribution is -2.48. The van der Waals surface area contributed by atoms with E-state index in [1.807, 2.05) is 31.2 Å². The van der Waals surface area contributed by atoms with Crippen LogP contribution >= 0.6 is 0 Å². The van der Waals surface area contributed by atoms with Crippen LogP contribution in [-0.4, -0.2) is 38.8 Å². The minimum absolute atomic E-state index is 0.0968. The van der Waals surface area contributed by atoms with E-state index in [0.717, 1.165) is 11.1 Å². The van der Waals surface area contributed by atoms with Crippen molar-refractivity contribution in [3.05, 3.63) is 65.2 Å². The van der Waals surface area contributed by atoms with E-state index in [1.54, 1.807) is 32.9 Å². The molecule has 0 fully saturated rings. The second kappa shape index (κ2) is 8.78. The standard InChI is InChI=1S/C22H27NO5/c1-15-7-5-6-8-17(15)14-23(21(27)28-22(2,3)4)19(20(25)26)13-16-9-11-18(24)12-10-16/h5-12,19,24H,13-14H2,1-4H3,(H,25,26)/t19-/m0/s1. The van der Waals surface area contributed by atoms with Gasteiger partial charge in [0.05, 0.1) is 6.54 Å². The van der Waals surface area contributed by atoms with Crippen LogP contribution in [0, 0.1) is 6.92 Å². The zero-order valence-corrected chi connectivity index (χ0v) is 16.7. The van der Waals surface area contributed by atoms with Crippen molar-refractivity contribution in [2.75, 3.05) is 0 Å². The first-order valence-corrected chi connectivity index (χ1v) is 9.11. The Balaban J connectivity index is 2.37. The zero-order chi connectivity index (χ0) is 20.9. The first-order valence-electron chi connectivity index (χ1n) is 9.11. The Morgan fingerprint density at radius 2 is 1.68 bits per heavy atom. The average molecular weight is 385 g/mol. The maximum absolute atomic E-state index is 12.9. The number of rotatable bonds is 6. The van der Waals surface area contributed by atoms with E-state index in [4.69, 9.17) is 4.74 Å². The molecular formula is C22H27NO5. The van der Waals surface area contributed by atoms with Gasteiger partial charge >= 0.3 is 12.1 Å². The third-order valence-corrected chi connectivity index (χ3v) is 4.26. The van der Waals surface area contributed by atoms with Crippen LogP contribution in [0.15, 0.2) is 48.5 Å². The highest BCUT2D eigenvalue weighted by atomic mass is 16.6. The molecule has 2 aromatic rings. The molecule has 0 heterocycles. The van der Waals surface area contributed by atoms with E-state index in [9.17, 15) is 19.8 Å². The number of carbonyl (C=O) groups excluding carboxylic acids is 1. The van der Waals surface area contributed by atoms with Crippen molar-refractivity contribution >= 4 is 12.1 Å². The fourth-order valence-electron chi connectivity index (χ4n) is 2.78. The molecule has 2 aromatic carbocycles. The quantitative estimate of drug-likeness (QED) is 0.781. The smallest absolute Gasteiger partial charge is 0.411 e. The summed E-state index contributed by atoms with van der Waals surface area (Å²) in [5.41, 5.74) is 1.77. The third kappa shape index (κ3) is 6.01. The summed E-state index contributed by atoms with van der Waals surface area (Å²) in [7, 11) is 0. The van der Waals surface area contributed by atoms with Gasteiger partial charge in [-0.2, -0.15) is 0 Å². The van der Waals surface area contributed by atoms with Gasteiger partial charge in [0, 0.05) is 6.42 Å². The minimum Gasteiger partial charge on any atom is -0.508 e. The molecule has 0 aromatic heterocycles. The first-order chi connectivity index (χ1) is 13.1. The summed E-state index contributed by atoms with van der Waals surface area (Å²) in [5, 5.41) is 19.3. The number of carboxylic acid groups (broad SMARTS) is 1. The monoisotopic (exact) mass is 385 g/mol. The van der Waals surface area contributed by atoms with Crippen molar-refractivity contribution in [3.8, 4) is 5.75 Å². The lowest BCUT2D eigenvalue weighted by atomic mass is 10.0. The fourth-order valence-corrected chi connectivity index (χ4v) is 2.78. The van der Waals surface area contributed by atoms with Gasteiger partial charge < -0.3 is 14.9 Å². The molecule has 0 unspecified atom stereocenters. The number of hydrogen-bond donors (Lipinski definition) is 2. The van der Waals surface area contributed by atoms with Crippen molar-refractivity contribution in [2.24, 2.45) is 0 Å². The molecule has 0 aliphatic heterocycles. The SMILES string of the molecule is Cc1ccccc1CN(C(=O)OC(C)(C)C)[C@@H](Cc1ccc(O)cc1)C(=O)O. The van der Waals surface area contributed by atoms with Gasteiger partial charge in [-0.05, 0) is 56.5 Å². The van der Waals surface area contributed by atoms with Crippen molar-refractivity contribution in [1.82, 2.24) is 4.90 Å². The molecule has 6 heteroatoms. The molecule has 1 amide bonds. The number of hydrogen-bond acceptors (Lipinski definition) is 4. The Kier molecular flexibility index (Phi) is 6.67. The van der Waals surface area contributed by atoms with Crippen LogP contribution in [0.3, 0.4) is 0 Å². The number of aromatic hydroxyl groups is 1. The van der Waals surface area contributed by atoms with E-state index in [0.29, 0.717) is 5.56 Å². The summed E-state index contributed by atoms with van der Waals surface area (Å²) in [6.45, 7) is 7.26. The topological polar surface area (TPSA) is 87.1 Å². The Morgan fingerprint density at radius 3 is 2.21 bits per heavy atom. The van der Waals surface area contributed by atoms with Crippen LogP contribution in [-0.2, 0) is 22.5 Å². The molecule has 1 atom stereocenters. The maximum atomic E-state index is 12.9. The predicted octanol–water partition coefficient (Wildman–Crippen LogP) is 4.13. The first kappa shape index (κ1) is 21.3. The highest BCUT2D eigenvalue weighted by molar-refractivity contribution is 5.80. The molecule has 0 saturated heterocycles. The molecule has 0 saturated carbocycles. The fraction of sp³-hybridized carbons (Fsp3) is 0.364. The van der Waals surface area contributed by atoms with E-state index >= 15 is 0 Å². The number of carbonyl (C=O) groups is 2. The lowest BCUT2D eigenvalue weighted by molar-refractivity contribution is -0.143. The molecule has 6 nitrogen and oxygen atoms in total. The number of benzene rings is 2. The summed E-state index contributed by atoms with van der Waals surface area (Å²) in [4.78, 5) is 26.2. The van der Waals surface area contributed by atoms with Gasteiger partial charge in [-0.3, -0.25) is 4.90 Å². The Labute approximate surface area is 165 Å². The van der Waals surface area contributed by atoms with Crippen LogP contribution in [0.1, 0.15) is 37.5 Å². The van der Waals surface area contributed by atoms with Crippen molar-refractivity contribution in [1.29, 1.82) is 0 Å². The Morgan fingerprint density at radius 1 is 1.07 bits per heavy atom. The number of aryl methyl sites for hydroxylation is 1. The number of phenols is 1. The molecule has 0 aliphatic carbocycles. The number of carboxylic acids is 1. The molecule has 2 N–H and O–H groups in total. The van der Waals surface area contributed by atoms with E-state index in [-0.39, 0.29) is 18.7 Å². The van der Waals surface area contributed by atoms with Crippen LogP contribution in [0.5, 0.6) is 5.75 Å². The number of nitrogens with zero attached hydrogens (tertiary/aromatic N) is 1. The summed E-state index contributed by atoms with van der Waals surface area (Å²) in [6, 6.07) is 12.7. The molecule has 0 spiro atoms. The molecule has 2 rings (SSSR count). The lowest BCUT2D eigenvalue weighted by Gasteiger charge is -2.32. The third-order valence-electron chi connectivity index (χ3n) is 4.26. The van der Waals surface area contributed by atoms with E-state index < -0.39 is 23.7 Å². The van der Waals surface area contributed by atoms with Gasteiger partial charge in [-0.15, -0.1) is 0 Å². The average Bonchev–Trinajstić information content (AvgIpc) is 2.59. The molecule has 0 radical (unpaired) electrons. The van der Waals surface area contributed by atoms with Gasteiger partial charge in [0.2, 0.25) is 0 Å². The highest BCUT2D eigenvalue weighted by Crippen LogP contribution is 2.20. The second-order valence-electron chi connectivity index (χ2n) is 7.76. The van der Waals surface area contributed by atoms with Gasteiger partial charge in [-0.1, -0.05) is 36.4 Å². The molecule has 0 aliphatic rings. The molecular weight excluding hydrogens is 358 g/mol. The normalized spacial score (nSPS) is 12.3. The molecule has 0 bridgehead atoms. The number of phenolic OH excluding ortho intramolecular Hbond substituents is 1. The maximum Gasteiger partial charge on any atom is 0.411 e. The zero-order valence-electron chi connectivity index (χ0n) is 16.7. The molecule has 150 valence electrons. The summed E-state index contributed by atoms with van der Waals surface area (Å²) in [6.07, 6.45) is -0.581. The highest BCUT2D eigenvalue weighted by Gasteiger charge is 2.33. The van der Waals surface area contributed by atoms with Crippen LogP contribution in [0.4, 0.5) is 4.79 Å². The summed E-state index contributed by atoms with van der Waals surface area (Å²) < 4.78 is 5.48. The number of amides is 1. The van der Waals surface area contributed by atoms with Crippen molar-refractivity contribution in [3.63, 3.8) is 0 Å². The molecule has 28 heavy (non-hydrogen) atoms. The predicted molar refractivity (Wildman–Crippen MR) is 106 cm³/mol.